The molecule has 5 nitrogen and oxygen atoms in total. The van der Waals surface area contributed by atoms with Crippen LogP contribution >= 0.6 is 0 Å². The summed E-state index contributed by atoms with van der Waals surface area (Å²) in [5, 5.41) is 2.89. The minimum absolute atomic E-state index is 0.0364. The summed E-state index contributed by atoms with van der Waals surface area (Å²) in [5.74, 6) is 1.53. The van der Waals surface area contributed by atoms with Crippen molar-refractivity contribution in [2.24, 2.45) is 0 Å². The van der Waals surface area contributed by atoms with Gasteiger partial charge in [0.15, 0.2) is 6.54 Å². The van der Waals surface area contributed by atoms with Crippen LogP contribution in [0.25, 0.3) is 0 Å². The van der Waals surface area contributed by atoms with Crippen LogP contribution in [0.1, 0.15) is 5.56 Å². The van der Waals surface area contributed by atoms with Gasteiger partial charge >= 0.3 is 0 Å². The van der Waals surface area contributed by atoms with E-state index < -0.39 is 0 Å². The topological polar surface area (TPSA) is 52.0 Å². The Labute approximate surface area is 136 Å². The van der Waals surface area contributed by atoms with Crippen molar-refractivity contribution in [3.05, 3.63) is 54.1 Å². The van der Waals surface area contributed by atoms with Crippen LogP contribution in [0.15, 0.2) is 48.5 Å². The zero-order valence-corrected chi connectivity index (χ0v) is 13.8. The molecule has 0 fully saturated rings. The van der Waals surface area contributed by atoms with Crippen molar-refractivity contribution in [3.63, 3.8) is 0 Å². The molecular weight excluding hydrogens is 292 g/mol. The van der Waals surface area contributed by atoms with E-state index in [9.17, 15) is 4.79 Å². The van der Waals surface area contributed by atoms with Crippen LogP contribution in [0.3, 0.4) is 0 Å². The molecule has 0 spiro atoms. The number of nitrogens with one attached hydrogen (secondary N) is 2. The molecule has 0 saturated heterocycles. The number of hydrogen-bond acceptors (Lipinski definition) is 3. The fourth-order valence-corrected chi connectivity index (χ4v) is 2.42. The Morgan fingerprint density at radius 2 is 1.87 bits per heavy atom. The molecule has 0 bridgehead atoms. The lowest BCUT2D eigenvalue weighted by Crippen LogP contribution is -3.08. The Hall–Kier alpha value is -2.53. The van der Waals surface area contributed by atoms with Gasteiger partial charge in [-0.25, -0.2) is 0 Å². The number of ether oxygens (including phenoxy) is 2. The number of carbonyl (C=O) groups excluding carboxylic acids is 1. The summed E-state index contributed by atoms with van der Waals surface area (Å²) >= 11 is 0. The number of hydrogen-bond donors (Lipinski definition) is 2. The van der Waals surface area contributed by atoms with E-state index in [-0.39, 0.29) is 5.91 Å². The van der Waals surface area contributed by atoms with Crippen LogP contribution in [-0.4, -0.2) is 33.7 Å². The highest BCUT2D eigenvalue weighted by molar-refractivity contribution is 5.91. The van der Waals surface area contributed by atoms with E-state index in [1.807, 2.05) is 49.5 Å². The predicted molar refractivity (Wildman–Crippen MR) is 90.1 cm³/mol. The number of quaternary nitrogens is 1. The number of amides is 1. The van der Waals surface area contributed by atoms with Crippen LogP contribution in [-0.2, 0) is 11.3 Å². The van der Waals surface area contributed by atoms with Crippen molar-refractivity contribution in [2.45, 2.75) is 6.54 Å². The summed E-state index contributed by atoms with van der Waals surface area (Å²) in [7, 11) is 5.24. The van der Waals surface area contributed by atoms with Gasteiger partial charge < -0.3 is 19.7 Å². The van der Waals surface area contributed by atoms with E-state index >= 15 is 0 Å². The molecule has 0 aromatic heterocycles. The van der Waals surface area contributed by atoms with Crippen molar-refractivity contribution in [1.29, 1.82) is 0 Å². The maximum absolute atomic E-state index is 12.2. The minimum atomic E-state index is -0.0364. The number of para-hydroxylation sites is 1. The summed E-state index contributed by atoms with van der Waals surface area (Å²) in [5.41, 5.74) is 1.82. The molecule has 23 heavy (non-hydrogen) atoms. The third-order valence-corrected chi connectivity index (χ3v) is 3.50. The monoisotopic (exact) mass is 315 g/mol. The fourth-order valence-electron chi connectivity index (χ4n) is 2.42. The van der Waals surface area contributed by atoms with E-state index in [1.54, 1.807) is 20.3 Å². The molecule has 5 heteroatoms. The van der Waals surface area contributed by atoms with E-state index in [2.05, 4.69) is 5.32 Å². The fraction of sp³-hybridized carbons (Fsp3) is 0.278. The minimum Gasteiger partial charge on any atom is -0.497 e. The molecule has 0 radical (unpaired) electrons. The quantitative estimate of drug-likeness (QED) is 0.811. The summed E-state index contributed by atoms with van der Waals surface area (Å²) in [4.78, 5) is 13.2. The molecule has 0 saturated carbocycles. The van der Waals surface area contributed by atoms with Crippen molar-refractivity contribution < 1.29 is 19.2 Å². The van der Waals surface area contributed by atoms with Gasteiger partial charge in [0.2, 0.25) is 0 Å². The first-order valence-electron chi connectivity index (χ1n) is 7.49. The van der Waals surface area contributed by atoms with Gasteiger partial charge in [-0.05, 0) is 24.3 Å². The van der Waals surface area contributed by atoms with Crippen LogP contribution in [0, 0.1) is 0 Å². The maximum Gasteiger partial charge on any atom is 0.279 e. The second-order valence-electron chi connectivity index (χ2n) is 5.40. The molecular formula is C18H23N2O3+. The molecule has 2 aromatic carbocycles. The molecule has 1 amide bonds. The van der Waals surface area contributed by atoms with Crippen LogP contribution in [0.2, 0.25) is 0 Å². The van der Waals surface area contributed by atoms with E-state index in [4.69, 9.17) is 9.47 Å². The van der Waals surface area contributed by atoms with Gasteiger partial charge in [0.1, 0.15) is 18.0 Å². The summed E-state index contributed by atoms with van der Waals surface area (Å²) in [6.07, 6.45) is 0. The molecule has 2 N–H and O–H groups in total. The van der Waals surface area contributed by atoms with Gasteiger partial charge in [-0.2, -0.15) is 0 Å². The smallest absolute Gasteiger partial charge is 0.279 e. The van der Waals surface area contributed by atoms with Gasteiger partial charge in [0.25, 0.3) is 5.91 Å². The maximum atomic E-state index is 12.2. The van der Waals surface area contributed by atoms with Gasteiger partial charge in [0, 0.05) is 17.3 Å². The second-order valence-corrected chi connectivity index (χ2v) is 5.40. The van der Waals surface area contributed by atoms with Gasteiger partial charge in [-0.1, -0.05) is 18.2 Å². The Balaban J connectivity index is 1.91. The highest BCUT2D eigenvalue weighted by Gasteiger charge is 2.13. The van der Waals surface area contributed by atoms with E-state index in [1.165, 1.54) is 0 Å². The normalized spacial score (nSPS) is 11.6. The molecule has 2 aromatic rings. The number of anilines is 1. The molecule has 1 unspecified atom stereocenters. The molecule has 1 atom stereocenters. The average Bonchev–Trinajstić information content (AvgIpc) is 2.55. The molecule has 0 heterocycles. The van der Waals surface area contributed by atoms with Gasteiger partial charge in [-0.3, -0.25) is 4.79 Å². The summed E-state index contributed by atoms with van der Waals surface area (Å²) in [6, 6.07) is 15.2. The standard InChI is InChI=1S/C18H22N2O3/c1-20(12-14-7-4-5-10-17(14)23-3)13-18(21)19-15-8-6-9-16(11-15)22-2/h4-11H,12-13H2,1-3H3,(H,19,21)/p+1. The average molecular weight is 315 g/mol. The summed E-state index contributed by atoms with van der Waals surface area (Å²) < 4.78 is 10.5. The van der Waals surface area contributed by atoms with Crippen molar-refractivity contribution >= 4 is 11.6 Å². The van der Waals surface area contributed by atoms with Crippen molar-refractivity contribution in [1.82, 2.24) is 0 Å². The first-order valence-corrected chi connectivity index (χ1v) is 7.49. The largest absolute Gasteiger partial charge is 0.497 e. The molecule has 0 aliphatic heterocycles. The zero-order chi connectivity index (χ0) is 16.7. The SMILES string of the molecule is COc1cccc(NC(=O)C[NH+](C)Cc2ccccc2OC)c1. The lowest BCUT2D eigenvalue weighted by atomic mass is 10.2. The first kappa shape index (κ1) is 16.8. The Morgan fingerprint density at radius 3 is 2.61 bits per heavy atom. The van der Waals surface area contributed by atoms with Gasteiger partial charge in [0.05, 0.1) is 21.3 Å². The zero-order valence-electron chi connectivity index (χ0n) is 13.8. The molecule has 0 aliphatic carbocycles. The Morgan fingerprint density at radius 1 is 1.09 bits per heavy atom. The molecule has 122 valence electrons. The Kier molecular flexibility index (Phi) is 6.00. The van der Waals surface area contributed by atoms with Gasteiger partial charge in [-0.15, -0.1) is 0 Å². The second kappa shape index (κ2) is 8.19. The first-order chi connectivity index (χ1) is 11.1. The predicted octanol–water partition coefficient (Wildman–Crippen LogP) is 1.36. The van der Waals surface area contributed by atoms with Crippen LogP contribution < -0.4 is 19.7 Å². The Bertz CT molecular complexity index is 658. The third kappa shape index (κ3) is 5.00. The van der Waals surface area contributed by atoms with E-state index in [0.29, 0.717) is 6.54 Å². The summed E-state index contributed by atoms with van der Waals surface area (Å²) in [6.45, 7) is 1.09. The lowest BCUT2D eigenvalue weighted by Gasteiger charge is -2.15. The highest BCUT2D eigenvalue weighted by atomic mass is 16.5. The highest BCUT2D eigenvalue weighted by Crippen LogP contribution is 2.17. The number of benzene rings is 2. The van der Waals surface area contributed by atoms with E-state index in [0.717, 1.165) is 34.2 Å². The number of rotatable bonds is 7. The van der Waals surface area contributed by atoms with Crippen LogP contribution in [0.4, 0.5) is 5.69 Å². The van der Waals surface area contributed by atoms with Crippen molar-refractivity contribution in [2.75, 3.05) is 33.1 Å². The number of carbonyl (C=O) groups is 1. The number of methoxy groups -OCH3 is 2. The lowest BCUT2D eigenvalue weighted by molar-refractivity contribution is -0.885. The van der Waals surface area contributed by atoms with Crippen LogP contribution in [0.5, 0.6) is 11.5 Å². The third-order valence-electron chi connectivity index (χ3n) is 3.50. The number of likely N-dealkylation sites (N-methyl/N-ethyl adjacent to an activating group) is 1. The molecule has 2 rings (SSSR count). The van der Waals surface area contributed by atoms with Crippen molar-refractivity contribution in [3.8, 4) is 11.5 Å². The molecule has 0 aliphatic rings.